The molecule has 0 saturated heterocycles. The van der Waals surface area contributed by atoms with Crippen molar-refractivity contribution in [1.82, 2.24) is 19.8 Å². The average molecular weight is 635 g/mol. The largest absolute Gasteiger partial charge is 0.489 e. The zero-order chi connectivity index (χ0) is 31.4. The molecule has 45 heavy (non-hydrogen) atoms. The number of nitrogens with zero attached hydrogens (tertiary/aromatic N) is 3. The van der Waals surface area contributed by atoms with E-state index in [9.17, 15) is 22.8 Å². The summed E-state index contributed by atoms with van der Waals surface area (Å²) in [6.07, 6.45) is -0.359. The number of para-hydroxylation sites is 1. The van der Waals surface area contributed by atoms with E-state index in [4.69, 9.17) is 9.72 Å². The number of amides is 1. The quantitative estimate of drug-likeness (QED) is 0.211. The summed E-state index contributed by atoms with van der Waals surface area (Å²) in [5.74, 6) is 0.501. The Morgan fingerprint density at radius 3 is 2.36 bits per heavy atom. The molecule has 0 bridgehead atoms. The molecule has 1 aliphatic carbocycles. The minimum atomic E-state index is -4.37. The molecule has 1 aromatic heterocycles. The molecule has 6 rings (SSSR count). The fourth-order valence-electron chi connectivity index (χ4n) is 5.27. The first-order valence-electron chi connectivity index (χ1n) is 15.0. The van der Waals surface area contributed by atoms with Crippen LogP contribution in [0.4, 0.5) is 13.2 Å². The second-order valence-electron chi connectivity index (χ2n) is 11.3. The van der Waals surface area contributed by atoms with E-state index < -0.39 is 11.7 Å². The fraction of sp³-hybridized carbons (Fsp3) is 0.324. The highest BCUT2D eigenvalue weighted by atomic mass is 32.2. The molecule has 0 radical (unpaired) electrons. The number of aromatic nitrogens is 2. The van der Waals surface area contributed by atoms with E-state index in [1.165, 1.54) is 18.6 Å². The van der Waals surface area contributed by atoms with Gasteiger partial charge in [0, 0.05) is 24.8 Å². The number of halogens is 3. The van der Waals surface area contributed by atoms with Gasteiger partial charge in [0.15, 0.2) is 5.16 Å². The molecule has 234 valence electrons. The zero-order valence-electron chi connectivity index (χ0n) is 24.6. The number of nitrogens with one attached hydrogen (secondary N) is 1. The summed E-state index contributed by atoms with van der Waals surface area (Å²) < 4.78 is 45.7. The van der Waals surface area contributed by atoms with E-state index in [0.717, 1.165) is 47.1 Å². The monoisotopic (exact) mass is 634 g/mol. The Balaban J connectivity index is 1.03. The van der Waals surface area contributed by atoms with Crippen LogP contribution in [0.15, 0.2) is 88.8 Å². The minimum Gasteiger partial charge on any atom is -0.489 e. The maximum Gasteiger partial charge on any atom is 0.416 e. The Hall–Kier alpha value is -4.09. The molecular formula is C34H33F3N4O3S. The van der Waals surface area contributed by atoms with Gasteiger partial charge in [0.25, 0.3) is 5.56 Å². The van der Waals surface area contributed by atoms with E-state index in [2.05, 4.69) is 5.32 Å². The van der Waals surface area contributed by atoms with Crippen LogP contribution in [0.3, 0.4) is 0 Å². The van der Waals surface area contributed by atoms with Crippen LogP contribution in [-0.4, -0.2) is 38.7 Å². The molecule has 1 aliphatic heterocycles. The predicted molar refractivity (Wildman–Crippen MR) is 166 cm³/mol. The van der Waals surface area contributed by atoms with Gasteiger partial charge in [0.1, 0.15) is 12.4 Å². The lowest BCUT2D eigenvalue weighted by Gasteiger charge is -2.30. The molecular weight excluding hydrogens is 601 g/mol. The average Bonchev–Trinajstić information content (AvgIpc) is 3.02. The third-order valence-corrected chi connectivity index (χ3v) is 9.40. The van der Waals surface area contributed by atoms with Crippen LogP contribution in [-0.2, 0) is 37.1 Å². The number of ether oxygens (including phenoxy) is 1. The van der Waals surface area contributed by atoms with Gasteiger partial charge < -0.3 is 15.0 Å². The second-order valence-corrected chi connectivity index (χ2v) is 12.5. The van der Waals surface area contributed by atoms with Gasteiger partial charge in [-0.2, -0.15) is 13.2 Å². The first-order valence-corrected chi connectivity index (χ1v) is 15.9. The highest BCUT2D eigenvalue weighted by Gasteiger charge is 2.30. The number of hydrogen-bond acceptors (Lipinski definition) is 6. The molecule has 2 heterocycles. The maximum atomic E-state index is 13.8. The Labute approximate surface area is 263 Å². The van der Waals surface area contributed by atoms with Crippen LogP contribution in [0.1, 0.15) is 47.2 Å². The van der Waals surface area contributed by atoms with Crippen molar-refractivity contribution in [3.8, 4) is 11.4 Å². The number of thioether (sulfide) groups is 1. The van der Waals surface area contributed by atoms with Crippen LogP contribution in [0.5, 0.6) is 5.75 Å². The minimum absolute atomic E-state index is 0.0873. The lowest BCUT2D eigenvalue weighted by molar-refractivity contribution is -0.137. The van der Waals surface area contributed by atoms with Gasteiger partial charge in [0.05, 0.1) is 35.6 Å². The molecule has 2 aliphatic rings. The van der Waals surface area contributed by atoms with E-state index in [1.54, 1.807) is 33.4 Å². The molecule has 0 spiro atoms. The first-order chi connectivity index (χ1) is 21.7. The number of carbonyl (C=O) groups is 1. The molecule has 7 nitrogen and oxygen atoms in total. The number of carbonyl (C=O) groups excluding carboxylic acids is 1. The standard InChI is InChI=1S/C34H33F3N4O3S/c35-34(36,37)25-13-9-24(10-14-25)22-44-27-15-11-23(12-16-27)19-38-20-31(42)40-18-17-30-29(21-40)32(43)41(26-5-2-1-3-6-26)33(39-30)45-28-7-4-8-28/h1-3,5-6,9-16,28,38H,4,7-8,17-22H2. The van der Waals surface area contributed by atoms with Crippen molar-refractivity contribution in [2.24, 2.45) is 0 Å². The number of hydrogen-bond donors (Lipinski definition) is 1. The SMILES string of the molecule is O=C(CNCc1ccc(OCc2ccc(C(F)(F)F)cc2)cc1)N1CCc2nc(SC3CCC3)n(-c3ccccc3)c(=O)c2C1. The van der Waals surface area contributed by atoms with Gasteiger partial charge in [0.2, 0.25) is 5.91 Å². The highest BCUT2D eigenvalue weighted by molar-refractivity contribution is 7.99. The molecule has 0 unspecified atom stereocenters. The smallest absolute Gasteiger partial charge is 0.416 e. The fourth-order valence-corrected chi connectivity index (χ4v) is 6.60. The summed E-state index contributed by atoms with van der Waals surface area (Å²) >= 11 is 1.68. The van der Waals surface area contributed by atoms with Gasteiger partial charge in [-0.25, -0.2) is 4.98 Å². The van der Waals surface area contributed by atoms with Crippen LogP contribution < -0.4 is 15.6 Å². The van der Waals surface area contributed by atoms with Crippen molar-refractivity contribution in [2.75, 3.05) is 13.1 Å². The molecule has 1 amide bonds. The molecule has 11 heteroatoms. The number of rotatable bonds is 10. The van der Waals surface area contributed by atoms with Crippen LogP contribution in [0.25, 0.3) is 5.69 Å². The summed E-state index contributed by atoms with van der Waals surface area (Å²) in [6, 6.07) is 21.8. The third-order valence-electron chi connectivity index (χ3n) is 8.11. The Morgan fingerprint density at radius 1 is 0.978 bits per heavy atom. The van der Waals surface area contributed by atoms with Crippen molar-refractivity contribution >= 4 is 17.7 Å². The molecule has 1 fully saturated rings. The predicted octanol–water partition coefficient (Wildman–Crippen LogP) is 6.15. The van der Waals surface area contributed by atoms with Crippen molar-refractivity contribution < 1.29 is 22.7 Å². The molecule has 3 aromatic carbocycles. The normalized spacial score (nSPS) is 15.0. The van der Waals surface area contributed by atoms with Crippen molar-refractivity contribution in [1.29, 1.82) is 0 Å². The zero-order valence-corrected chi connectivity index (χ0v) is 25.4. The van der Waals surface area contributed by atoms with E-state index in [1.807, 2.05) is 42.5 Å². The van der Waals surface area contributed by atoms with Crippen LogP contribution >= 0.6 is 11.8 Å². The van der Waals surface area contributed by atoms with Crippen molar-refractivity contribution in [2.45, 2.75) is 62.0 Å². The lowest BCUT2D eigenvalue weighted by Crippen LogP contribution is -2.44. The highest BCUT2D eigenvalue weighted by Crippen LogP contribution is 2.36. The summed E-state index contributed by atoms with van der Waals surface area (Å²) in [6.45, 7) is 1.47. The van der Waals surface area contributed by atoms with Crippen molar-refractivity contribution in [3.63, 3.8) is 0 Å². The van der Waals surface area contributed by atoms with E-state index >= 15 is 0 Å². The van der Waals surface area contributed by atoms with Gasteiger partial charge in [-0.1, -0.05) is 60.6 Å². The van der Waals surface area contributed by atoms with E-state index in [-0.39, 0.29) is 31.2 Å². The summed E-state index contributed by atoms with van der Waals surface area (Å²) in [7, 11) is 0. The molecule has 1 N–H and O–H groups in total. The van der Waals surface area contributed by atoms with Gasteiger partial charge in [-0.15, -0.1) is 0 Å². The lowest BCUT2D eigenvalue weighted by atomic mass is 10.0. The third kappa shape index (κ3) is 7.42. The maximum absolute atomic E-state index is 13.8. The van der Waals surface area contributed by atoms with Gasteiger partial charge in [-0.3, -0.25) is 14.2 Å². The summed E-state index contributed by atoms with van der Waals surface area (Å²) in [5.41, 5.74) is 2.91. The number of alkyl halides is 3. The molecule has 0 atom stereocenters. The summed E-state index contributed by atoms with van der Waals surface area (Å²) in [5, 5.41) is 4.40. The Kier molecular flexibility index (Phi) is 9.27. The van der Waals surface area contributed by atoms with Gasteiger partial charge in [-0.05, 0) is 60.4 Å². The topological polar surface area (TPSA) is 76.5 Å². The van der Waals surface area contributed by atoms with Crippen molar-refractivity contribution in [3.05, 3.63) is 117 Å². The van der Waals surface area contributed by atoms with E-state index in [0.29, 0.717) is 41.6 Å². The van der Waals surface area contributed by atoms with Crippen LogP contribution in [0, 0.1) is 0 Å². The second kappa shape index (κ2) is 13.5. The summed E-state index contributed by atoms with van der Waals surface area (Å²) in [4.78, 5) is 33.6. The Morgan fingerprint density at radius 2 is 1.69 bits per heavy atom. The number of benzene rings is 3. The van der Waals surface area contributed by atoms with Crippen LogP contribution in [0.2, 0.25) is 0 Å². The molecule has 4 aromatic rings. The number of fused-ring (bicyclic) bond motifs is 1. The Bertz CT molecular complexity index is 1690. The first kappa shape index (κ1) is 30.9. The molecule has 1 saturated carbocycles. The van der Waals surface area contributed by atoms with Gasteiger partial charge >= 0.3 is 6.18 Å².